The van der Waals surface area contributed by atoms with Crippen LogP contribution in [0, 0.1) is 18.3 Å². The normalized spacial score (nSPS) is 16.0. The summed E-state index contributed by atoms with van der Waals surface area (Å²) in [6.45, 7) is 4.82. The predicted molar refractivity (Wildman–Crippen MR) is 106 cm³/mol. The first-order chi connectivity index (χ1) is 13.4. The number of nitrogens with zero attached hydrogens (tertiary/aromatic N) is 4. The van der Waals surface area contributed by atoms with Crippen LogP contribution in [0.15, 0.2) is 18.3 Å². The number of likely N-dealkylation sites (tertiary alicyclic amines) is 1. The number of carbonyl (C=O) groups excluding carboxylic acids is 1. The molecule has 0 spiro atoms. The van der Waals surface area contributed by atoms with E-state index in [1.54, 1.807) is 19.1 Å². The molecule has 1 atom stereocenters. The number of halogens is 2. The number of nitriles is 1. The van der Waals surface area contributed by atoms with Crippen molar-refractivity contribution in [1.82, 2.24) is 14.9 Å². The maximum atomic E-state index is 13.4. The molecule has 7 nitrogen and oxygen atoms in total. The molecule has 28 heavy (non-hydrogen) atoms. The summed E-state index contributed by atoms with van der Waals surface area (Å²) in [6, 6.07) is 5.33. The maximum Gasteiger partial charge on any atom is 0.254 e. The number of amides is 1. The largest absolute Gasteiger partial charge is 0.369 e. The van der Waals surface area contributed by atoms with E-state index in [0.29, 0.717) is 52.7 Å². The third-order valence-electron chi connectivity index (χ3n) is 4.46. The van der Waals surface area contributed by atoms with Crippen LogP contribution >= 0.6 is 11.6 Å². The lowest BCUT2D eigenvalue weighted by Gasteiger charge is -2.18. The third-order valence-corrected chi connectivity index (χ3v) is 4.78. The average molecular weight is 403 g/mol. The number of carbonyl (C=O) groups is 1. The minimum absolute atomic E-state index is 0.113. The summed E-state index contributed by atoms with van der Waals surface area (Å²) < 4.78 is 13.4. The Kier molecular flexibility index (Phi) is 5.95. The van der Waals surface area contributed by atoms with Gasteiger partial charge in [-0.15, -0.1) is 0 Å². The average Bonchev–Trinajstić information content (AvgIpc) is 3.11. The summed E-state index contributed by atoms with van der Waals surface area (Å²) in [5, 5.41) is 15.5. The van der Waals surface area contributed by atoms with Crippen molar-refractivity contribution in [3.8, 4) is 6.07 Å². The molecule has 9 heteroatoms. The van der Waals surface area contributed by atoms with E-state index >= 15 is 0 Å². The first kappa shape index (κ1) is 19.8. The summed E-state index contributed by atoms with van der Waals surface area (Å²) in [5.74, 6) is 0.474. The highest BCUT2D eigenvalue weighted by Gasteiger charge is 2.27. The lowest BCUT2D eigenvalue weighted by atomic mass is 10.1. The van der Waals surface area contributed by atoms with E-state index in [-0.39, 0.29) is 18.4 Å². The second-order valence-electron chi connectivity index (χ2n) is 6.51. The Balaban J connectivity index is 1.84. The van der Waals surface area contributed by atoms with Crippen molar-refractivity contribution < 1.29 is 9.18 Å². The Hall–Kier alpha value is -2.92. The van der Waals surface area contributed by atoms with Crippen LogP contribution in [0.1, 0.15) is 34.8 Å². The highest BCUT2D eigenvalue weighted by Crippen LogP contribution is 2.30. The fraction of sp³-hybridized carbons (Fsp3) is 0.368. The van der Waals surface area contributed by atoms with Gasteiger partial charge in [0.15, 0.2) is 0 Å². The first-order valence-corrected chi connectivity index (χ1v) is 9.32. The summed E-state index contributed by atoms with van der Waals surface area (Å²) in [6.07, 6.45) is 0.815. The molecule has 0 aliphatic carbocycles. The van der Waals surface area contributed by atoms with Crippen LogP contribution in [0.2, 0.25) is 5.02 Å². The van der Waals surface area contributed by atoms with Gasteiger partial charge in [0.1, 0.15) is 23.6 Å². The molecule has 2 N–H and O–H groups in total. The second-order valence-corrected chi connectivity index (χ2v) is 6.91. The Bertz CT molecular complexity index is 945. The smallest absolute Gasteiger partial charge is 0.254 e. The zero-order valence-corrected chi connectivity index (χ0v) is 16.3. The van der Waals surface area contributed by atoms with Gasteiger partial charge in [-0.2, -0.15) is 10.2 Å². The van der Waals surface area contributed by atoms with E-state index in [0.717, 1.165) is 0 Å². The van der Waals surface area contributed by atoms with Gasteiger partial charge < -0.3 is 15.5 Å². The summed E-state index contributed by atoms with van der Waals surface area (Å²) in [7, 11) is 0. The van der Waals surface area contributed by atoms with Gasteiger partial charge in [0, 0.05) is 18.7 Å². The van der Waals surface area contributed by atoms with Crippen LogP contribution in [0.4, 0.5) is 21.8 Å². The SMILES string of the molecule is CCNc1nc(Nc2cc(C)c(C(=O)N3CC[C@H](F)C3)cc2Cl)ncc1C#N. The second kappa shape index (κ2) is 8.40. The molecule has 1 aromatic carbocycles. The Morgan fingerprint density at radius 1 is 1.50 bits per heavy atom. The topological polar surface area (TPSA) is 93.9 Å². The zero-order chi connectivity index (χ0) is 20.3. The first-order valence-electron chi connectivity index (χ1n) is 8.94. The van der Waals surface area contributed by atoms with Crippen molar-refractivity contribution in [1.29, 1.82) is 5.26 Å². The van der Waals surface area contributed by atoms with Gasteiger partial charge in [0.25, 0.3) is 5.91 Å². The van der Waals surface area contributed by atoms with E-state index in [2.05, 4.69) is 20.6 Å². The number of nitrogens with one attached hydrogen (secondary N) is 2. The van der Waals surface area contributed by atoms with Gasteiger partial charge in [-0.3, -0.25) is 4.79 Å². The molecule has 1 saturated heterocycles. The number of rotatable bonds is 5. The summed E-state index contributed by atoms with van der Waals surface area (Å²) >= 11 is 6.36. The quantitative estimate of drug-likeness (QED) is 0.792. The Morgan fingerprint density at radius 3 is 2.93 bits per heavy atom. The molecule has 1 fully saturated rings. The molecule has 2 aromatic rings. The Labute approximate surface area is 167 Å². The molecule has 1 amide bonds. The van der Waals surface area contributed by atoms with Gasteiger partial charge >= 0.3 is 0 Å². The van der Waals surface area contributed by atoms with Gasteiger partial charge in [-0.1, -0.05) is 11.6 Å². The van der Waals surface area contributed by atoms with E-state index in [1.165, 1.54) is 11.1 Å². The summed E-state index contributed by atoms with van der Waals surface area (Å²) in [5.41, 5.74) is 2.03. The third kappa shape index (κ3) is 4.15. The zero-order valence-electron chi connectivity index (χ0n) is 15.6. The molecule has 2 heterocycles. The molecule has 0 bridgehead atoms. The molecule has 3 rings (SSSR count). The molecule has 0 saturated carbocycles. The van der Waals surface area contributed by atoms with Crippen molar-refractivity contribution in [3.05, 3.63) is 40.0 Å². The van der Waals surface area contributed by atoms with E-state index in [1.807, 2.05) is 13.0 Å². The van der Waals surface area contributed by atoms with E-state index < -0.39 is 6.17 Å². The maximum absolute atomic E-state index is 13.4. The fourth-order valence-electron chi connectivity index (χ4n) is 3.03. The number of hydrogen-bond donors (Lipinski definition) is 2. The molecule has 0 unspecified atom stereocenters. The minimum Gasteiger partial charge on any atom is -0.369 e. The van der Waals surface area contributed by atoms with Crippen LogP contribution in [0.3, 0.4) is 0 Å². The molecular formula is C19H20ClFN6O. The van der Waals surface area contributed by atoms with Crippen molar-refractivity contribution in [3.63, 3.8) is 0 Å². The lowest BCUT2D eigenvalue weighted by molar-refractivity contribution is 0.0782. The number of hydrogen-bond acceptors (Lipinski definition) is 6. The van der Waals surface area contributed by atoms with E-state index in [4.69, 9.17) is 16.9 Å². The number of aryl methyl sites for hydroxylation is 1. The van der Waals surface area contributed by atoms with Crippen LogP contribution in [-0.2, 0) is 0 Å². The van der Waals surface area contributed by atoms with Gasteiger partial charge in [0.2, 0.25) is 5.95 Å². The van der Waals surface area contributed by atoms with E-state index in [9.17, 15) is 9.18 Å². The van der Waals surface area contributed by atoms with Crippen molar-refractivity contribution in [2.45, 2.75) is 26.4 Å². The highest BCUT2D eigenvalue weighted by atomic mass is 35.5. The lowest BCUT2D eigenvalue weighted by Crippen LogP contribution is -2.29. The van der Waals surface area contributed by atoms with Crippen molar-refractivity contribution in [2.75, 3.05) is 30.3 Å². The highest BCUT2D eigenvalue weighted by molar-refractivity contribution is 6.33. The van der Waals surface area contributed by atoms with Gasteiger partial charge in [-0.25, -0.2) is 9.37 Å². The number of anilines is 3. The molecule has 146 valence electrons. The number of benzene rings is 1. The van der Waals surface area contributed by atoms with Crippen LogP contribution in [-0.4, -0.2) is 46.6 Å². The minimum atomic E-state index is -0.972. The predicted octanol–water partition coefficient (Wildman–Crippen LogP) is 3.67. The molecular weight excluding hydrogens is 383 g/mol. The van der Waals surface area contributed by atoms with Crippen LogP contribution in [0.25, 0.3) is 0 Å². The van der Waals surface area contributed by atoms with Crippen molar-refractivity contribution in [2.24, 2.45) is 0 Å². The summed E-state index contributed by atoms with van der Waals surface area (Å²) in [4.78, 5) is 22.6. The van der Waals surface area contributed by atoms with Gasteiger partial charge in [-0.05, 0) is 38.0 Å². The Morgan fingerprint density at radius 2 is 2.29 bits per heavy atom. The van der Waals surface area contributed by atoms with Crippen molar-refractivity contribution >= 4 is 35.0 Å². The monoisotopic (exact) mass is 402 g/mol. The van der Waals surface area contributed by atoms with Gasteiger partial charge in [0.05, 0.1) is 23.5 Å². The fourth-order valence-corrected chi connectivity index (χ4v) is 3.24. The molecule has 0 radical (unpaired) electrons. The number of aromatic nitrogens is 2. The number of alkyl halides is 1. The van der Waals surface area contributed by atoms with Crippen LogP contribution < -0.4 is 10.6 Å². The standard InChI is InChI=1S/C19H20ClFN6O/c1-3-23-17-12(8-22)9-24-19(26-17)25-16-6-11(2)14(7-15(16)20)18(28)27-5-4-13(21)10-27/h6-7,9,13H,3-5,10H2,1-2H3,(H2,23,24,25,26)/t13-/m0/s1. The molecule has 1 aliphatic rings. The molecule has 1 aliphatic heterocycles. The molecule has 1 aromatic heterocycles. The van der Waals surface area contributed by atoms with Crippen LogP contribution in [0.5, 0.6) is 0 Å².